The first kappa shape index (κ1) is 33.3. The van der Waals surface area contributed by atoms with Crippen molar-refractivity contribution >= 4 is 40.1 Å². The first-order chi connectivity index (χ1) is 21.4. The molecule has 3 amide bonds. The molecule has 3 aromatic rings. The van der Waals surface area contributed by atoms with E-state index in [4.69, 9.17) is 14.2 Å². The minimum absolute atomic E-state index is 0.0566. The van der Waals surface area contributed by atoms with Gasteiger partial charge in [0, 0.05) is 7.05 Å². The Bertz CT molecular complexity index is 1640. The SMILES string of the molecule is Cn1ncc(NC(=O)c2nc(-c3c(F)cccc3F)sc2NC(=O)OC(C)(C)C)c1C12CCC(NC(=O)OC(C)(C)C)C(CC1)O2. The van der Waals surface area contributed by atoms with Crippen LogP contribution in [-0.4, -0.2) is 56.2 Å². The number of nitrogens with zero attached hydrogens (tertiary/aromatic N) is 3. The molecule has 2 aliphatic rings. The van der Waals surface area contributed by atoms with Gasteiger partial charge in [0.2, 0.25) is 0 Å². The van der Waals surface area contributed by atoms with E-state index in [0.29, 0.717) is 37.1 Å². The molecule has 5 rings (SSSR count). The maximum absolute atomic E-state index is 14.7. The number of hydrogen-bond acceptors (Lipinski definition) is 9. The number of carbonyl (C=O) groups is 3. The van der Waals surface area contributed by atoms with Crippen LogP contribution in [0.5, 0.6) is 0 Å². The number of carbonyl (C=O) groups excluding carboxylic acids is 3. The van der Waals surface area contributed by atoms with Crippen molar-refractivity contribution in [1.82, 2.24) is 20.1 Å². The number of ether oxygens (including phenoxy) is 3. The zero-order chi connectivity index (χ0) is 33.6. The summed E-state index contributed by atoms with van der Waals surface area (Å²) in [6.45, 7) is 10.4. The summed E-state index contributed by atoms with van der Waals surface area (Å²) in [5.74, 6) is -2.49. The molecule has 2 saturated heterocycles. The average Bonchev–Trinajstić information content (AvgIpc) is 3.59. The van der Waals surface area contributed by atoms with Gasteiger partial charge in [-0.15, -0.1) is 0 Å². The number of thiazole rings is 1. The van der Waals surface area contributed by atoms with Gasteiger partial charge in [-0.2, -0.15) is 5.10 Å². The Morgan fingerprint density at radius 2 is 1.63 bits per heavy atom. The number of fused-ring (bicyclic) bond motifs is 2. The lowest BCUT2D eigenvalue weighted by molar-refractivity contribution is -0.1000. The van der Waals surface area contributed by atoms with E-state index >= 15 is 0 Å². The van der Waals surface area contributed by atoms with Gasteiger partial charge in [0.1, 0.15) is 38.4 Å². The van der Waals surface area contributed by atoms with Crippen molar-refractivity contribution in [3.05, 3.63) is 47.4 Å². The minimum Gasteiger partial charge on any atom is -0.444 e. The van der Waals surface area contributed by atoms with Crippen LogP contribution in [0.3, 0.4) is 0 Å². The third-order valence-electron chi connectivity index (χ3n) is 7.47. The molecule has 3 N–H and O–H groups in total. The first-order valence-electron chi connectivity index (χ1n) is 14.9. The Balaban J connectivity index is 1.40. The van der Waals surface area contributed by atoms with E-state index in [0.717, 1.165) is 23.5 Å². The van der Waals surface area contributed by atoms with Crippen LogP contribution in [0.1, 0.15) is 83.4 Å². The van der Waals surface area contributed by atoms with Gasteiger partial charge in [-0.05, 0) is 79.4 Å². The molecule has 12 nitrogen and oxygen atoms in total. The maximum Gasteiger partial charge on any atom is 0.412 e. The average molecular weight is 661 g/mol. The number of aryl methyl sites for hydroxylation is 1. The topological polar surface area (TPSA) is 146 Å². The second-order valence-corrected chi connectivity index (χ2v) is 14.4. The second-order valence-electron chi connectivity index (χ2n) is 13.4. The smallest absolute Gasteiger partial charge is 0.412 e. The Morgan fingerprint density at radius 1 is 1.00 bits per heavy atom. The number of alkyl carbamates (subject to hydrolysis) is 1. The summed E-state index contributed by atoms with van der Waals surface area (Å²) in [4.78, 5) is 43.1. The molecule has 15 heteroatoms. The van der Waals surface area contributed by atoms with E-state index in [1.165, 1.54) is 12.3 Å². The van der Waals surface area contributed by atoms with Gasteiger partial charge in [0.25, 0.3) is 5.91 Å². The quantitative estimate of drug-likeness (QED) is 0.272. The Kier molecular flexibility index (Phi) is 8.85. The zero-order valence-corrected chi connectivity index (χ0v) is 27.6. The van der Waals surface area contributed by atoms with Crippen molar-refractivity contribution < 1.29 is 37.4 Å². The van der Waals surface area contributed by atoms with Gasteiger partial charge in [0.15, 0.2) is 5.69 Å². The van der Waals surface area contributed by atoms with E-state index in [2.05, 4.69) is 26.0 Å². The number of benzene rings is 1. The second kappa shape index (κ2) is 12.2. The van der Waals surface area contributed by atoms with Crippen LogP contribution in [0, 0.1) is 11.6 Å². The summed E-state index contributed by atoms with van der Waals surface area (Å²) in [6.07, 6.45) is 2.24. The monoisotopic (exact) mass is 660 g/mol. The fraction of sp³-hybridized carbons (Fsp3) is 0.516. The molecule has 1 aromatic carbocycles. The Hall–Kier alpha value is -4.11. The van der Waals surface area contributed by atoms with Gasteiger partial charge >= 0.3 is 12.2 Å². The molecule has 2 bridgehead atoms. The molecule has 0 spiro atoms. The Morgan fingerprint density at radius 3 is 2.28 bits per heavy atom. The highest BCUT2D eigenvalue weighted by atomic mass is 32.1. The van der Waals surface area contributed by atoms with E-state index in [1.54, 1.807) is 53.3 Å². The molecular weight excluding hydrogens is 622 g/mol. The lowest BCUT2D eigenvalue weighted by Crippen LogP contribution is -2.49. The number of nitrogens with one attached hydrogen (secondary N) is 3. The van der Waals surface area contributed by atoms with E-state index in [9.17, 15) is 23.2 Å². The lowest BCUT2D eigenvalue weighted by Gasteiger charge is -2.38. The van der Waals surface area contributed by atoms with Crippen LogP contribution in [0.25, 0.3) is 10.6 Å². The normalized spacial score (nSPS) is 21.1. The fourth-order valence-electron chi connectivity index (χ4n) is 5.76. The summed E-state index contributed by atoms with van der Waals surface area (Å²) in [5, 5.41) is 12.4. The minimum atomic E-state index is -0.872. The highest BCUT2D eigenvalue weighted by Crippen LogP contribution is 2.50. The van der Waals surface area contributed by atoms with E-state index < -0.39 is 52.1 Å². The van der Waals surface area contributed by atoms with Crippen molar-refractivity contribution in [3.8, 4) is 10.6 Å². The third kappa shape index (κ3) is 7.15. The van der Waals surface area contributed by atoms with Crippen LogP contribution in [0.2, 0.25) is 0 Å². The number of aromatic nitrogens is 3. The van der Waals surface area contributed by atoms with Crippen molar-refractivity contribution in [1.29, 1.82) is 0 Å². The molecule has 0 radical (unpaired) electrons. The Labute approximate surface area is 269 Å². The van der Waals surface area contributed by atoms with E-state index in [-0.39, 0.29) is 27.8 Å². The third-order valence-corrected chi connectivity index (χ3v) is 8.46. The van der Waals surface area contributed by atoms with Gasteiger partial charge in [0.05, 0.1) is 35.3 Å². The highest BCUT2D eigenvalue weighted by Gasteiger charge is 2.51. The molecular formula is C31H38F2N6O6S. The number of amides is 3. The standard InChI is InChI=1S/C31H38F2N6O6S/c1-29(2,3)44-27(41)36-18-11-13-31(14-12-20(18)43-31)23-19(15-34-39(23)7)35-24(40)22-26(38-28(42)45-30(4,5)6)46-25(37-22)21-16(32)9-8-10-17(21)33/h8-10,15,18,20H,11-14H2,1-7H3,(H,35,40)(H,36,41)(H,38,42). The van der Waals surface area contributed by atoms with Crippen LogP contribution in [-0.2, 0) is 26.9 Å². The molecule has 4 heterocycles. The fourth-order valence-corrected chi connectivity index (χ4v) is 6.75. The lowest BCUT2D eigenvalue weighted by atomic mass is 9.89. The molecule has 0 saturated carbocycles. The molecule has 3 unspecified atom stereocenters. The summed E-state index contributed by atoms with van der Waals surface area (Å²) < 4.78 is 48.3. The number of rotatable bonds is 6. The molecule has 46 heavy (non-hydrogen) atoms. The molecule has 2 fully saturated rings. The number of anilines is 2. The summed E-state index contributed by atoms with van der Waals surface area (Å²) in [6, 6.07) is 3.13. The first-order valence-corrected chi connectivity index (χ1v) is 15.7. The molecule has 2 aliphatic heterocycles. The van der Waals surface area contributed by atoms with Gasteiger partial charge < -0.3 is 24.8 Å². The summed E-state index contributed by atoms with van der Waals surface area (Å²) in [5.41, 5.74) is -1.99. The molecule has 248 valence electrons. The molecule has 2 aromatic heterocycles. The van der Waals surface area contributed by atoms with Crippen LogP contribution in [0.4, 0.5) is 29.1 Å². The number of halogens is 2. The predicted octanol–water partition coefficient (Wildman–Crippen LogP) is 6.48. The van der Waals surface area contributed by atoms with Crippen LogP contribution in [0.15, 0.2) is 24.4 Å². The summed E-state index contributed by atoms with van der Waals surface area (Å²) in [7, 11) is 1.73. The highest BCUT2D eigenvalue weighted by molar-refractivity contribution is 7.19. The van der Waals surface area contributed by atoms with E-state index in [1.807, 2.05) is 0 Å². The molecule has 3 atom stereocenters. The largest absolute Gasteiger partial charge is 0.444 e. The summed E-state index contributed by atoms with van der Waals surface area (Å²) >= 11 is 0.736. The van der Waals surface area contributed by atoms with Gasteiger partial charge in [-0.1, -0.05) is 17.4 Å². The number of hydrogen-bond donors (Lipinski definition) is 3. The van der Waals surface area contributed by atoms with Gasteiger partial charge in [-0.25, -0.2) is 23.4 Å². The van der Waals surface area contributed by atoms with Crippen molar-refractivity contribution in [2.45, 2.75) is 96.2 Å². The van der Waals surface area contributed by atoms with Crippen molar-refractivity contribution in [2.24, 2.45) is 7.05 Å². The van der Waals surface area contributed by atoms with Crippen molar-refractivity contribution in [2.75, 3.05) is 10.6 Å². The van der Waals surface area contributed by atoms with Gasteiger partial charge in [-0.3, -0.25) is 14.8 Å². The predicted molar refractivity (Wildman–Crippen MR) is 167 cm³/mol. The van der Waals surface area contributed by atoms with Crippen LogP contribution >= 0.6 is 11.3 Å². The van der Waals surface area contributed by atoms with Crippen molar-refractivity contribution in [3.63, 3.8) is 0 Å². The zero-order valence-electron chi connectivity index (χ0n) is 26.7. The molecule has 0 aliphatic carbocycles. The maximum atomic E-state index is 14.7. The van der Waals surface area contributed by atoms with Crippen LogP contribution < -0.4 is 16.0 Å².